The molecule has 0 unspecified atom stereocenters. The average molecular weight is 503 g/mol. The molecule has 0 atom stereocenters. The highest BCUT2D eigenvalue weighted by Crippen LogP contribution is 2.28. The van der Waals surface area contributed by atoms with E-state index >= 15 is 0 Å². The van der Waals surface area contributed by atoms with Gasteiger partial charge < -0.3 is 4.90 Å². The Morgan fingerprint density at radius 2 is 1.73 bits per heavy atom. The van der Waals surface area contributed by atoms with E-state index in [4.69, 9.17) is 39.8 Å². The van der Waals surface area contributed by atoms with Gasteiger partial charge in [-0.3, -0.25) is 0 Å². The highest BCUT2D eigenvalue weighted by atomic mass is 35.5. The largest absolute Gasteiger partial charge is 0.345 e. The van der Waals surface area contributed by atoms with Crippen molar-refractivity contribution < 1.29 is 8.42 Å². The van der Waals surface area contributed by atoms with Gasteiger partial charge >= 0.3 is 0 Å². The number of hydrogen-bond donors (Lipinski definition) is 0. The molecule has 3 aromatic rings. The van der Waals surface area contributed by atoms with Crippen molar-refractivity contribution in [3.8, 4) is 0 Å². The van der Waals surface area contributed by atoms with Crippen LogP contribution in [0, 0.1) is 0 Å². The normalized spacial score (nSPS) is 15.5. The summed E-state index contributed by atoms with van der Waals surface area (Å²) in [5.74, 6) is 0. The van der Waals surface area contributed by atoms with Crippen LogP contribution < -0.4 is 4.90 Å². The fourth-order valence-corrected chi connectivity index (χ4v) is 6.20. The lowest BCUT2D eigenvalue weighted by molar-refractivity contribution is 0.384. The quantitative estimate of drug-likeness (QED) is 0.481. The van der Waals surface area contributed by atoms with Gasteiger partial charge in [0, 0.05) is 43.0 Å². The van der Waals surface area contributed by atoms with Crippen molar-refractivity contribution in [3.05, 3.63) is 74.2 Å². The van der Waals surface area contributed by atoms with Gasteiger partial charge in [-0.2, -0.15) is 4.31 Å². The number of nitrogens with zero attached hydrogens (tertiary/aromatic N) is 3. The predicted octanol–water partition coefficient (Wildman–Crippen LogP) is 5.21. The third-order valence-corrected chi connectivity index (χ3v) is 8.67. The van der Waals surface area contributed by atoms with Gasteiger partial charge in [0.2, 0.25) is 10.0 Å². The maximum Gasteiger partial charge on any atom is 0.243 e. The number of piperazine rings is 1. The van der Waals surface area contributed by atoms with Crippen LogP contribution in [0.2, 0.25) is 15.1 Å². The molecule has 0 N–H and O–H groups in total. The number of anilines is 1. The van der Waals surface area contributed by atoms with E-state index in [1.165, 1.54) is 10.4 Å². The number of sulfonamides is 1. The summed E-state index contributed by atoms with van der Waals surface area (Å²) in [7, 11) is -3.55. The van der Waals surface area contributed by atoms with E-state index in [0.717, 1.165) is 16.4 Å². The molecule has 158 valence electrons. The molecular formula is C20H18Cl3N3O2S2. The zero-order chi connectivity index (χ0) is 21.3. The zero-order valence-corrected chi connectivity index (χ0v) is 19.7. The lowest BCUT2D eigenvalue weighted by Crippen LogP contribution is -2.48. The molecule has 30 heavy (non-hydrogen) atoms. The van der Waals surface area contributed by atoms with E-state index in [9.17, 15) is 8.42 Å². The average Bonchev–Trinajstić information content (AvgIpc) is 3.19. The Hall–Kier alpha value is -1.35. The van der Waals surface area contributed by atoms with Crippen LogP contribution in [0.4, 0.5) is 5.13 Å². The Morgan fingerprint density at radius 3 is 2.43 bits per heavy atom. The van der Waals surface area contributed by atoms with Gasteiger partial charge in [0.05, 0.1) is 20.6 Å². The third-order valence-electron chi connectivity index (χ3n) is 4.85. The van der Waals surface area contributed by atoms with Gasteiger partial charge in [0.1, 0.15) is 0 Å². The highest BCUT2D eigenvalue weighted by molar-refractivity contribution is 7.89. The van der Waals surface area contributed by atoms with Crippen molar-refractivity contribution in [2.45, 2.75) is 11.3 Å². The minimum absolute atomic E-state index is 0.224. The molecular weight excluding hydrogens is 485 g/mol. The maximum absolute atomic E-state index is 12.9. The summed E-state index contributed by atoms with van der Waals surface area (Å²) in [5, 5.41) is 4.39. The van der Waals surface area contributed by atoms with E-state index in [0.29, 0.717) is 47.7 Å². The predicted molar refractivity (Wildman–Crippen MR) is 124 cm³/mol. The third kappa shape index (κ3) is 4.77. The summed E-state index contributed by atoms with van der Waals surface area (Å²) in [6, 6.07) is 11.9. The Bertz CT molecular complexity index is 1160. The van der Waals surface area contributed by atoms with Gasteiger partial charge in [-0.1, -0.05) is 46.9 Å². The van der Waals surface area contributed by atoms with Crippen molar-refractivity contribution in [2.24, 2.45) is 0 Å². The smallest absolute Gasteiger partial charge is 0.243 e. The molecule has 2 heterocycles. The van der Waals surface area contributed by atoms with Crippen molar-refractivity contribution in [3.63, 3.8) is 0 Å². The monoisotopic (exact) mass is 501 g/mol. The summed E-state index contributed by atoms with van der Waals surface area (Å²) in [4.78, 5) is 7.06. The molecule has 1 fully saturated rings. The van der Waals surface area contributed by atoms with E-state index in [2.05, 4.69) is 4.90 Å². The van der Waals surface area contributed by atoms with Crippen LogP contribution >= 0.6 is 46.1 Å². The molecule has 1 saturated heterocycles. The fourth-order valence-electron chi connectivity index (χ4n) is 3.28. The van der Waals surface area contributed by atoms with Gasteiger partial charge in [-0.05, 0) is 35.9 Å². The second-order valence-electron chi connectivity index (χ2n) is 6.90. The molecule has 4 rings (SSSR count). The zero-order valence-electron chi connectivity index (χ0n) is 15.8. The molecule has 10 heteroatoms. The minimum Gasteiger partial charge on any atom is -0.345 e. The van der Waals surface area contributed by atoms with Crippen LogP contribution in [0.3, 0.4) is 0 Å². The number of aromatic nitrogens is 1. The summed E-state index contributed by atoms with van der Waals surface area (Å²) in [6.07, 6.45) is 0.663. The summed E-state index contributed by atoms with van der Waals surface area (Å²) >= 11 is 19.6. The van der Waals surface area contributed by atoms with Crippen LogP contribution in [-0.4, -0.2) is 43.9 Å². The second-order valence-corrected chi connectivity index (χ2v) is 10.9. The van der Waals surface area contributed by atoms with Crippen molar-refractivity contribution in [1.82, 2.24) is 9.29 Å². The SMILES string of the molecule is O=S(=O)(c1cccc(Cl)c1)N1CCN(c2nc(Cc3ccc(Cl)c(Cl)c3)cs2)CC1. The van der Waals surface area contributed by atoms with Gasteiger partial charge in [-0.25, -0.2) is 13.4 Å². The van der Waals surface area contributed by atoms with Gasteiger partial charge in [0.15, 0.2) is 5.13 Å². The molecule has 5 nitrogen and oxygen atoms in total. The number of thiazole rings is 1. The van der Waals surface area contributed by atoms with Crippen LogP contribution in [0.1, 0.15) is 11.3 Å². The highest BCUT2D eigenvalue weighted by Gasteiger charge is 2.29. The molecule has 0 saturated carbocycles. The van der Waals surface area contributed by atoms with Gasteiger partial charge in [-0.15, -0.1) is 11.3 Å². The van der Waals surface area contributed by atoms with E-state index in [1.54, 1.807) is 35.6 Å². The summed E-state index contributed by atoms with van der Waals surface area (Å²) in [5.41, 5.74) is 1.99. The molecule has 1 aromatic heterocycles. The standard InChI is InChI=1S/C20H18Cl3N3O2S2/c21-15-2-1-3-17(12-15)30(27,28)26-8-6-25(7-9-26)20-24-16(13-29-20)10-14-4-5-18(22)19(23)11-14/h1-5,11-13H,6-10H2. The first-order chi connectivity index (χ1) is 14.3. The lowest BCUT2D eigenvalue weighted by Gasteiger charge is -2.33. The van der Waals surface area contributed by atoms with E-state index in [1.807, 2.05) is 17.5 Å². The maximum atomic E-state index is 12.9. The van der Waals surface area contributed by atoms with Gasteiger partial charge in [0.25, 0.3) is 0 Å². The molecule has 1 aliphatic rings. The molecule has 0 amide bonds. The lowest BCUT2D eigenvalue weighted by atomic mass is 10.1. The minimum atomic E-state index is -3.55. The van der Waals surface area contributed by atoms with Crippen LogP contribution in [0.25, 0.3) is 0 Å². The Labute approximate surface area is 194 Å². The second kappa shape index (κ2) is 9.02. The first kappa shape index (κ1) is 21.9. The molecule has 0 bridgehead atoms. The van der Waals surface area contributed by atoms with Crippen molar-refractivity contribution >= 4 is 61.3 Å². The topological polar surface area (TPSA) is 53.5 Å². The molecule has 0 aliphatic carbocycles. The van der Waals surface area contributed by atoms with E-state index in [-0.39, 0.29) is 4.90 Å². The summed E-state index contributed by atoms with van der Waals surface area (Å²) < 4.78 is 27.2. The number of hydrogen-bond acceptors (Lipinski definition) is 5. The first-order valence-electron chi connectivity index (χ1n) is 9.22. The molecule has 1 aliphatic heterocycles. The molecule has 0 spiro atoms. The van der Waals surface area contributed by atoms with Crippen molar-refractivity contribution in [2.75, 3.05) is 31.1 Å². The first-order valence-corrected chi connectivity index (χ1v) is 12.7. The van der Waals surface area contributed by atoms with Crippen LogP contribution in [0.5, 0.6) is 0 Å². The van der Waals surface area contributed by atoms with Crippen molar-refractivity contribution in [1.29, 1.82) is 0 Å². The van der Waals surface area contributed by atoms with Crippen LogP contribution in [0.15, 0.2) is 52.7 Å². The number of halogens is 3. The molecule has 0 radical (unpaired) electrons. The summed E-state index contributed by atoms with van der Waals surface area (Å²) in [6.45, 7) is 1.96. The molecule has 2 aromatic carbocycles. The number of benzene rings is 2. The Morgan fingerprint density at radius 1 is 0.967 bits per heavy atom. The number of rotatable bonds is 5. The van der Waals surface area contributed by atoms with E-state index < -0.39 is 10.0 Å². The van der Waals surface area contributed by atoms with Crippen LogP contribution in [-0.2, 0) is 16.4 Å². The fraction of sp³-hybridized carbons (Fsp3) is 0.250. The Kier molecular flexibility index (Phi) is 6.58. The Balaban J connectivity index is 1.40.